The number of carbonyl (C=O) groups is 1. The molecule has 2 nitrogen and oxygen atoms in total. The number of hydrogen-bond donors (Lipinski definition) is 0. The van der Waals surface area contributed by atoms with Gasteiger partial charge in [0.05, 0.1) is 5.56 Å². The zero-order valence-electron chi connectivity index (χ0n) is 9.10. The number of benzene rings is 2. The number of aldehydes is 1. The van der Waals surface area contributed by atoms with E-state index in [4.69, 9.17) is 4.74 Å². The minimum atomic E-state index is 0.456. The number of hydrogen-bond acceptors (Lipinski definition) is 2. The highest BCUT2D eigenvalue weighted by atomic mass is 79.9. The molecule has 0 aliphatic carbocycles. The summed E-state index contributed by atoms with van der Waals surface area (Å²) < 4.78 is 6.64. The van der Waals surface area contributed by atoms with Gasteiger partial charge in [0.2, 0.25) is 0 Å². The average Bonchev–Trinajstić information content (AvgIpc) is 2.38. The van der Waals surface area contributed by atoms with E-state index in [1.54, 1.807) is 12.1 Å². The van der Waals surface area contributed by atoms with Crippen LogP contribution in [-0.4, -0.2) is 6.29 Å². The molecular formula is C14H11BrO2. The molecule has 0 aromatic heterocycles. The van der Waals surface area contributed by atoms with E-state index in [2.05, 4.69) is 15.9 Å². The number of para-hydroxylation sites is 1. The van der Waals surface area contributed by atoms with Gasteiger partial charge in [0.15, 0.2) is 6.29 Å². The molecule has 0 heterocycles. The maximum absolute atomic E-state index is 10.8. The molecule has 0 amide bonds. The molecule has 0 saturated heterocycles. The van der Waals surface area contributed by atoms with E-state index in [0.29, 0.717) is 17.9 Å². The quantitative estimate of drug-likeness (QED) is 0.800. The molecule has 17 heavy (non-hydrogen) atoms. The molecule has 0 spiro atoms. The lowest BCUT2D eigenvalue weighted by Gasteiger charge is -2.08. The van der Waals surface area contributed by atoms with Crippen molar-refractivity contribution in [3.05, 3.63) is 64.1 Å². The first kappa shape index (κ1) is 11.9. The van der Waals surface area contributed by atoms with Gasteiger partial charge in [-0.05, 0) is 29.8 Å². The minimum absolute atomic E-state index is 0.456. The van der Waals surface area contributed by atoms with Crippen LogP contribution in [0.1, 0.15) is 15.9 Å². The van der Waals surface area contributed by atoms with Crippen molar-refractivity contribution < 1.29 is 9.53 Å². The van der Waals surface area contributed by atoms with E-state index >= 15 is 0 Å². The lowest BCUT2D eigenvalue weighted by Crippen LogP contribution is -1.97. The fraction of sp³-hybridized carbons (Fsp3) is 0.0714. The highest BCUT2D eigenvalue weighted by Crippen LogP contribution is 2.18. The smallest absolute Gasteiger partial charge is 0.153 e. The molecule has 0 aliphatic rings. The average molecular weight is 291 g/mol. The molecule has 0 fully saturated rings. The standard InChI is InChI=1S/C14H11BrO2/c15-13-7-5-11(6-8-13)10-17-14-4-2-1-3-12(14)9-16/h1-9H,10H2. The lowest BCUT2D eigenvalue weighted by atomic mass is 10.2. The largest absolute Gasteiger partial charge is 0.488 e. The highest BCUT2D eigenvalue weighted by molar-refractivity contribution is 9.10. The van der Waals surface area contributed by atoms with Gasteiger partial charge >= 0.3 is 0 Å². The van der Waals surface area contributed by atoms with E-state index in [-0.39, 0.29) is 0 Å². The van der Waals surface area contributed by atoms with Gasteiger partial charge in [0, 0.05) is 4.47 Å². The van der Waals surface area contributed by atoms with Crippen LogP contribution < -0.4 is 4.74 Å². The zero-order chi connectivity index (χ0) is 12.1. The van der Waals surface area contributed by atoms with E-state index in [0.717, 1.165) is 16.3 Å². The minimum Gasteiger partial charge on any atom is -0.488 e. The summed E-state index contributed by atoms with van der Waals surface area (Å²) >= 11 is 3.38. The predicted molar refractivity (Wildman–Crippen MR) is 70.3 cm³/mol. The first-order valence-electron chi connectivity index (χ1n) is 5.21. The maximum Gasteiger partial charge on any atom is 0.153 e. The van der Waals surface area contributed by atoms with Gasteiger partial charge < -0.3 is 4.74 Å². The van der Waals surface area contributed by atoms with Crippen LogP contribution in [0.3, 0.4) is 0 Å². The van der Waals surface area contributed by atoms with Crippen LogP contribution >= 0.6 is 15.9 Å². The van der Waals surface area contributed by atoms with Crippen LogP contribution in [0.2, 0.25) is 0 Å². The van der Waals surface area contributed by atoms with Crippen molar-refractivity contribution in [1.29, 1.82) is 0 Å². The Morgan fingerprint density at radius 3 is 2.47 bits per heavy atom. The summed E-state index contributed by atoms with van der Waals surface area (Å²) in [6, 6.07) is 15.1. The third-order valence-corrected chi connectivity index (χ3v) is 2.88. The van der Waals surface area contributed by atoms with Crippen molar-refractivity contribution in [3.63, 3.8) is 0 Å². The number of carbonyl (C=O) groups excluding carboxylic acids is 1. The first-order chi connectivity index (χ1) is 8.29. The topological polar surface area (TPSA) is 26.3 Å². The van der Waals surface area contributed by atoms with Crippen LogP contribution in [0.15, 0.2) is 53.0 Å². The van der Waals surface area contributed by atoms with Gasteiger partial charge in [-0.2, -0.15) is 0 Å². The van der Waals surface area contributed by atoms with Crippen LogP contribution in [0, 0.1) is 0 Å². The van der Waals surface area contributed by atoms with Crippen molar-refractivity contribution in [2.45, 2.75) is 6.61 Å². The fourth-order valence-corrected chi connectivity index (χ4v) is 1.72. The number of rotatable bonds is 4. The molecule has 0 unspecified atom stereocenters. The summed E-state index contributed by atoms with van der Waals surface area (Å²) in [7, 11) is 0. The van der Waals surface area contributed by atoms with Crippen molar-refractivity contribution in [1.82, 2.24) is 0 Å². The Hall–Kier alpha value is -1.61. The zero-order valence-corrected chi connectivity index (χ0v) is 10.7. The molecule has 0 bridgehead atoms. The molecule has 0 atom stereocenters. The Bertz CT molecular complexity index is 506. The monoisotopic (exact) mass is 290 g/mol. The molecule has 86 valence electrons. The van der Waals surface area contributed by atoms with E-state index in [1.165, 1.54) is 0 Å². The Kier molecular flexibility index (Phi) is 3.94. The van der Waals surface area contributed by atoms with E-state index in [1.807, 2.05) is 36.4 Å². The van der Waals surface area contributed by atoms with Gasteiger partial charge in [0.1, 0.15) is 12.4 Å². The normalized spacial score (nSPS) is 9.94. The van der Waals surface area contributed by atoms with Gasteiger partial charge in [-0.3, -0.25) is 4.79 Å². The van der Waals surface area contributed by atoms with Gasteiger partial charge in [0.25, 0.3) is 0 Å². The molecule has 2 aromatic carbocycles. The van der Waals surface area contributed by atoms with Crippen LogP contribution in [0.5, 0.6) is 5.75 Å². The molecular weight excluding hydrogens is 280 g/mol. The molecule has 2 rings (SSSR count). The predicted octanol–water partition coefficient (Wildman–Crippen LogP) is 3.84. The van der Waals surface area contributed by atoms with Crippen LogP contribution in [-0.2, 0) is 6.61 Å². The van der Waals surface area contributed by atoms with Gasteiger partial charge in [-0.15, -0.1) is 0 Å². The summed E-state index contributed by atoms with van der Waals surface area (Å²) in [5.41, 5.74) is 1.64. The molecule has 3 heteroatoms. The van der Waals surface area contributed by atoms with Gasteiger partial charge in [-0.1, -0.05) is 40.2 Å². The Morgan fingerprint density at radius 2 is 1.76 bits per heavy atom. The third-order valence-electron chi connectivity index (χ3n) is 2.35. The van der Waals surface area contributed by atoms with Crippen LogP contribution in [0.4, 0.5) is 0 Å². The summed E-state index contributed by atoms with van der Waals surface area (Å²) in [5, 5.41) is 0. The lowest BCUT2D eigenvalue weighted by molar-refractivity contribution is 0.111. The Morgan fingerprint density at radius 1 is 1.06 bits per heavy atom. The SMILES string of the molecule is O=Cc1ccccc1OCc1ccc(Br)cc1. The van der Waals surface area contributed by atoms with Crippen molar-refractivity contribution in [2.24, 2.45) is 0 Å². The molecule has 0 aliphatic heterocycles. The molecule has 2 aromatic rings. The van der Waals surface area contributed by atoms with Gasteiger partial charge in [-0.25, -0.2) is 0 Å². The second-order valence-corrected chi connectivity index (χ2v) is 4.49. The molecule has 0 saturated carbocycles. The van der Waals surface area contributed by atoms with Crippen molar-refractivity contribution in [3.8, 4) is 5.75 Å². The molecule has 0 N–H and O–H groups in total. The first-order valence-corrected chi connectivity index (χ1v) is 6.00. The second-order valence-electron chi connectivity index (χ2n) is 3.57. The van der Waals surface area contributed by atoms with E-state index in [9.17, 15) is 4.79 Å². The van der Waals surface area contributed by atoms with Crippen LogP contribution in [0.25, 0.3) is 0 Å². The van der Waals surface area contributed by atoms with Crippen molar-refractivity contribution in [2.75, 3.05) is 0 Å². The third kappa shape index (κ3) is 3.17. The molecule has 0 radical (unpaired) electrons. The summed E-state index contributed by atoms with van der Waals surface area (Å²) in [5.74, 6) is 0.616. The highest BCUT2D eigenvalue weighted by Gasteiger charge is 2.01. The second kappa shape index (κ2) is 5.64. The summed E-state index contributed by atoms with van der Waals surface area (Å²) in [6.07, 6.45) is 0.802. The number of halogens is 1. The Labute approximate surface area is 108 Å². The summed E-state index contributed by atoms with van der Waals surface area (Å²) in [4.78, 5) is 10.8. The van der Waals surface area contributed by atoms with Crippen molar-refractivity contribution >= 4 is 22.2 Å². The maximum atomic E-state index is 10.8. The summed E-state index contributed by atoms with van der Waals surface area (Å²) in [6.45, 7) is 0.456. The Balaban J connectivity index is 2.07. The fourth-order valence-electron chi connectivity index (χ4n) is 1.45. The van der Waals surface area contributed by atoms with E-state index < -0.39 is 0 Å². The number of ether oxygens (including phenoxy) is 1.